The van der Waals surface area contributed by atoms with Gasteiger partial charge in [0.2, 0.25) is 0 Å². The van der Waals surface area contributed by atoms with Gasteiger partial charge in [0.05, 0.1) is 24.2 Å². The Kier molecular flexibility index (Phi) is 4.37. The van der Waals surface area contributed by atoms with Crippen molar-refractivity contribution in [1.29, 1.82) is 0 Å². The molecule has 6 heteroatoms. The third kappa shape index (κ3) is 3.40. The number of β-amino-alcohol motifs (C(OH)–C–C–N with tert-alkyl or cyclic N) is 1. The molecule has 3 heterocycles. The first-order valence-electron chi connectivity index (χ1n) is 6.64. The average molecular weight is 291 g/mol. The van der Waals surface area contributed by atoms with Crippen LogP contribution in [0.1, 0.15) is 5.56 Å². The highest BCUT2D eigenvalue weighted by Crippen LogP contribution is 2.20. The number of aliphatic hydroxyl groups excluding tert-OH is 1. The van der Waals surface area contributed by atoms with Crippen molar-refractivity contribution in [2.24, 2.45) is 0 Å². The number of aliphatic hydroxyl groups is 1. The second kappa shape index (κ2) is 6.41. The van der Waals surface area contributed by atoms with Crippen LogP contribution >= 0.6 is 11.3 Å². The quantitative estimate of drug-likeness (QED) is 0.926. The van der Waals surface area contributed by atoms with Crippen LogP contribution in [-0.2, 0) is 11.3 Å². The first-order valence-corrected chi connectivity index (χ1v) is 7.52. The van der Waals surface area contributed by atoms with Crippen molar-refractivity contribution in [3.8, 4) is 10.7 Å². The summed E-state index contributed by atoms with van der Waals surface area (Å²) in [7, 11) is 0. The molecular formula is C14H17N3O2S. The molecule has 20 heavy (non-hydrogen) atoms. The zero-order valence-corrected chi connectivity index (χ0v) is 11.9. The minimum atomic E-state index is -0.413. The van der Waals surface area contributed by atoms with Crippen LogP contribution in [0.25, 0.3) is 10.7 Å². The van der Waals surface area contributed by atoms with Crippen LogP contribution in [0.3, 0.4) is 0 Å². The molecule has 1 aliphatic heterocycles. The van der Waals surface area contributed by atoms with Gasteiger partial charge in [0.15, 0.2) is 5.82 Å². The standard InChI is InChI=1S/C14H17N3O2S/c18-12-9-17(3-4-19-10-12)8-11-6-15-14(16-7-11)13-2-1-5-20-13/h1-2,5-7,12,18H,3-4,8-10H2. The predicted molar refractivity (Wildman–Crippen MR) is 77.4 cm³/mol. The SMILES string of the molecule is OC1COCCN(Cc2cnc(-c3cccs3)nc2)C1. The van der Waals surface area contributed by atoms with Crippen LogP contribution in [-0.4, -0.2) is 52.4 Å². The van der Waals surface area contributed by atoms with Gasteiger partial charge < -0.3 is 9.84 Å². The van der Waals surface area contributed by atoms with Crippen molar-refractivity contribution in [2.45, 2.75) is 12.6 Å². The molecule has 0 radical (unpaired) electrons. The van der Waals surface area contributed by atoms with E-state index in [-0.39, 0.29) is 0 Å². The van der Waals surface area contributed by atoms with Crippen LogP contribution in [0, 0.1) is 0 Å². The number of nitrogens with zero attached hydrogens (tertiary/aromatic N) is 3. The van der Waals surface area contributed by atoms with Crippen molar-refractivity contribution in [2.75, 3.05) is 26.3 Å². The van der Waals surface area contributed by atoms with Crippen LogP contribution in [0.2, 0.25) is 0 Å². The number of rotatable bonds is 3. The van der Waals surface area contributed by atoms with Gasteiger partial charge in [0.1, 0.15) is 0 Å². The van der Waals surface area contributed by atoms with Crippen molar-refractivity contribution in [1.82, 2.24) is 14.9 Å². The smallest absolute Gasteiger partial charge is 0.169 e. The Morgan fingerprint density at radius 1 is 1.40 bits per heavy atom. The largest absolute Gasteiger partial charge is 0.389 e. The van der Waals surface area contributed by atoms with E-state index >= 15 is 0 Å². The van der Waals surface area contributed by atoms with Gasteiger partial charge >= 0.3 is 0 Å². The number of thiophene rings is 1. The van der Waals surface area contributed by atoms with Gasteiger partial charge in [-0.3, -0.25) is 4.90 Å². The van der Waals surface area contributed by atoms with Crippen molar-refractivity contribution >= 4 is 11.3 Å². The molecule has 1 saturated heterocycles. The summed E-state index contributed by atoms with van der Waals surface area (Å²) in [6.07, 6.45) is 3.31. The Morgan fingerprint density at radius 2 is 2.25 bits per heavy atom. The molecule has 1 aliphatic rings. The molecule has 1 fully saturated rings. The van der Waals surface area contributed by atoms with E-state index in [0.717, 1.165) is 29.4 Å². The number of ether oxygens (including phenoxy) is 1. The second-order valence-electron chi connectivity index (χ2n) is 4.86. The third-order valence-corrected chi connectivity index (χ3v) is 4.05. The molecule has 0 aliphatic carbocycles. The zero-order chi connectivity index (χ0) is 13.8. The lowest BCUT2D eigenvalue weighted by Gasteiger charge is -2.20. The van der Waals surface area contributed by atoms with Crippen LogP contribution in [0.15, 0.2) is 29.9 Å². The molecule has 1 N–H and O–H groups in total. The maximum absolute atomic E-state index is 9.71. The molecule has 2 aromatic heterocycles. The molecule has 5 nitrogen and oxygen atoms in total. The maximum atomic E-state index is 9.71. The van der Waals surface area contributed by atoms with Gasteiger partial charge in [-0.15, -0.1) is 11.3 Å². The van der Waals surface area contributed by atoms with E-state index in [4.69, 9.17) is 4.74 Å². The average Bonchev–Trinajstić information content (AvgIpc) is 2.91. The highest BCUT2D eigenvalue weighted by atomic mass is 32.1. The molecule has 2 aromatic rings. The summed E-state index contributed by atoms with van der Waals surface area (Å²) >= 11 is 1.64. The highest BCUT2D eigenvalue weighted by Gasteiger charge is 2.16. The molecule has 0 saturated carbocycles. The summed E-state index contributed by atoms with van der Waals surface area (Å²) in [6.45, 7) is 3.27. The van der Waals surface area contributed by atoms with E-state index in [2.05, 4.69) is 14.9 Å². The molecule has 0 spiro atoms. The highest BCUT2D eigenvalue weighted by molar-refractivity contribution is 7.13. The van der Waals surface area contributed by atoms with E-state index in [1.807, 2.05) is 29.9 Å². The Labute approximate surface area is 121 Å². The van der Waals surface area contributed by atoms with Crippen LogP contribution < -0.4 is 0 Å². The summed E-state index contributed by atoms with van der Waals surface area (Å²) in [6, 6.07) is 4.01. The van der Waals surface area contributed by atoms with Gasteiger partial charge in [0, 0.05) is 37.6 Å². The molecular weight excluding hydrogens is 274 g/mol. The molecule has 1 atom stereocenters. The van der Waals surface area contributed by atoms with Crippen molar-refractivity contribution < 1.29 is 9.84 Å². The fraction of sp³-hybridized carbons (Fsp3) is 0.429. The van der Waals surface area contributed by atoms with Gasteiger partial charge in [-0.05, 0) is 11.4 Å². The van der Waals surface area contributed by atoms with Gasteiger partial charge in [-0.25, -0.2) is 9.97 Å². The summed E-state index contributed by atoms with van der Waals surface area (Å²) < 4.78 is 5.32. The molecule has 106 valence electrons. The molecule has 0 bridgehead atoms. The fourth-order valence-corrected chi connectivity index (χ4v) is 2.90. The van der Waals surface area contributed by atoms with Gasteiger partial charge in [-0.1, -0.05) is 6.07 Å². The lowest BCUT2D eigenvalue weighted by molar-refractivity contribution is 0.0562. The fourth-order valence-electron chi connectivity index (χ4n) is 2.23. The van der Waals surface area contributed by atoms with Gasteiger partial charge in [-0.2, -0.15) is 0 Å². The molecule has 0 aromatic carbocycles. The minimum Gasteiger partial charge on any atom is -0.389 e. The Bertz CT molecular complexity index is 530. The normalized spacial score (nSPS) is 20.8. The Hall–Kier alpha value is -1.34. The number of hydrogen-bond donors (Lipinski definition) is 1. The minimum absolute atomic E-state index is 0.413. The topological polar surface area (TPSA) is 58.5 Å². The maximum Gasteiger partial charge on any atom is 0.169 e. The third-order valence-electron chi connectivity index (χ3n) is 3.18. The van der Waals surface area contributed by atoms with Gasteiger partial charge in [0.25, 0.3) is 0 Å². The predicted octanol–water partition coefficient (Wildman–Crippen LogP) is 1.40. The summed E-state index contributed by atoms with van der Waals surface area (Å²) in [5, 5.41) is 11.7. The van der Waals surface area contributed by atoms with E-state index in [1.54, 1.807) is 11.3 Å². The van der Waals surface area contributed by atoms with Crippen molar-refractivity contribution in [3.05, 3.63) is 35.5 Å². The summed E-state index contributed by atoms with van der Waals surface area (Å²) in [5.74, 6) is 0.767. The first kappa shape index (κ1) is 13.6. The summed E-state index contributed by atoms with van der Waals surface area (Å²) in [4.78, 5) is 12.1. The van der Waals surface area contributed by atoms with Crippen molar-refractivity contribution in [3.63, 3.8) is 0 Å². The molecule has 0 amide bonds. The van der Waals surface area contributed by atoms with Crippen LogP contribution in [0.5, 0.6) is 0 Å². The lowest BCUT2D eigenvalue weighted by Crippen LogP contribution is -2.32. The molecule has 3 rings (SSSR count). The van der Waals surface area contributed by atoms with E-state index in [0.29, 0.717) is 19.8 Å². The first-order chi connectivity index (χ1) is 9.81. The summed E-state index contributed by atoms with van der Waals surface area (Å²) in [5.41, 5.74) is 1.06. The van der Waals surface area contributed by atoms with E-state index in [1.165, 1.54) is 0 Å². The molecule has 1 unspecified atom stereocenters. The van der Waals surface area contributed by atoms with Crippen LogP contribution in [0.4, 0.5) is 0 Å². The zero-order valence-electron chi connectivity index (χ0n) is 11.1. The Balaban J connectivity index is 1.65. The second-order valence-corrected chi connectivity index (χ2v) is 5.80. The van der Waals surface area contributed by atoms with E-state index < -0.39 is 6.10 Å². The lowest BCUT2D eigenvalue weighted by atomic mass is 10.2. The number of hydrogen-bond acceptors (Lipinski definition) is 6. The Morgan fingerprint density at radius 3 is 3.00 bits per heavy atom. The number of aromatic nitrogens is 2. The monoisotopic (exact) mass is 291 g/mol. The van der Waals surface area contributed by atoms with E-state index in [9.17, 15) is 5.11 Å².